The van der Waals surface area contributed by atoms with E-state index in [0.29, 0.717) is 39.8 Å². The summed E-state index contributed by atoms with van der Waals surface area (Å²) in [7, 11) is 0. The summed E-state index contributed by atoms with van der Waals surface area (Å²) < 4.78 is 6.17. The maximum Gasteiger partial charge on any atom is 0.197 e. The SMILES string of the molecule is CCC(=O)c1cc2cc(CCC(=O)c3ccc(Cl)s3)ccc2o1. The quantitative estimate of drug-likeness (QED) is 0.549. The first-order valence-corrected chi connectivity index (χ1v) is 8.60. The lowest BCUT2D eigenvalue weighted by Crippen LogP contribution is -1.98. The van der Waals surface area contributed by atoms with Crippen molar-refractivity contribution in [2.75, 3.05) is 0 Å². The topological polar surface area (TPSA) is 47.3 Å². The number of thiophene rings is 1. The van der Waals surface area contributed by atoms with Crippen LogP contribution < -0.4 is 0 Å². The summed E-state index contributed by atoms with van der Waals surface area (Å²) in [5.74, 6) is 0.479. The van der Waals surface area contributed by atoms with Crippen molar-refractivity contribution in [2.24, 2.45) is 0 Å². The largest absolute Gasteiger partial charge is 0.453 e. The molecular formula is C18H15ClO3S. The molecule has 0 aliphatic rings. The molecule has 3 aromatic rings. The van der Waals surface area contributed by atoms with Gasteiger partial charge in [-0.1, -0.05) is 24.6 Å². The molecule has 3 rings (SSSR count). The van der Waals surface area contributed by atoms with Crippen molar-refractivity contribution in [3.63, 3.8) is 0 Å². The third kappa shape index (κ3) is 3.54. The van der Waals surface area contributed by atoms with Gasteiger partial charge in [0.15, 0.2) is 17.3 Å². The Kier molecular flexibility index (Phi) is 4.64. The molecule has 3 nitrogen and oxygen atoms in total. The fourth-order valence-corrected chi connectivity index (χ4v) is 3.42. The van der Waals surface area contributed by atoms with E-state index in [1.54, 1.807) is 18.2 Å². The highest BCUT2D eigenvalue weighted by Crippen LogP contribution is 2.25. The van der Waals surface area contributed by atoms with Gasteiger partial charge in [-0.2, -0.15) is 0 Å². The van der Waals surface area contributed by atoms with E-state index in [1.165, 1.54) is 11.3 Å². The first-order chi connectivity index (χ1) is 11.1. The van der Waals surface area contributed by atoms with Crippen LogP contribution in [0, 0.1) is 0 Å². The number of rotatable bonds is 6. The zero-order valence-corrected chi connectivity index (χ0v) is 14.2. The van der Waals surface area contributed by atoms with Gasteiger partial charge in [0.1, 0.15) is 5.58 Å². The van der Waals surface area contributed by atoms with Gasteiger partial charge >= 0.3 is 0 Å². The average molecular weight is 347 g/mol. The Balaban J connectivity index is 1.73. The van der Waals surface area contributed by atoms with Crippen LogP contribution in [0.15, 0.2) is 40.8 Å². The molecule has 0 bridgehead atoms. The van der Waals surface area contributed by atoms with Crippen molar-refractivity contribution in [1.29, 1.82) is 0 Å². The Labute approximate surface area is 142 Å². The summed E-state index contributed by atoms with van der Waals surface area (Å²) in [4.78, 5) is 24.5. The number of hydrogen-bond donors (Lipinski definition) is 0. The minimum atomic E-state index is -0.00694. The van der Waals surface area contributed by atoms with E-state index in [4.69, 9.17) is 16.0 Å². The fourth-order valence-electron chi connectivity index (χ4n) is 2.41. The summed E-state index contributed by atoms with van der Waals surface area (Å²) in [6.45, 7) is 1.81. The number of benzene rings is 1. The molecule has 0 fully saturated rings. The lowest BCUT2D eigenvalue weighted by molar-refractivity contribution is 0.0961. The number of carbonyl (C=O) groups excluding carboxylic acids is 2. The zero-order valence-electron chi connectivity index (χ0n) is 12.6. The second-order valence-electron chi connectivity index (χ2n) is 5.29. The maximum absolute atomic E-state index is 12.1. The Morgan fingerprint density at radius 2 is 1.96 bits per heavy atom. The van der Waals surface area contributed by atoms with Crippen molar-refractivity contribution < 1.29 is 14.0 Å². The molecule has 5 heteroatoms. The van der Waals surface area contributed by atoms with Crippen molar-refractivity contribution in [2.45, 2.75) is 26.2 Å². The monoisotopic (exact) mass is 346 g/mol. The Morgan fingerprint density at radius 1 is 1.13 bits per heavy atom. The zero-order chi connectivity index (χ0) is 16.4. The molecular weight excluding hydrogens is 332 g/mol. The van der Waals surface area contributed by atoms with E-state index < -0.39 is 0 Å². The van der Waals surface area contributed by atoms with Gasteiger partial charge in [0, 0.05) is 18.2 Å². The number of aryl methyl sites for hydroxylation is 1. The van der Waals surface area contributed by atoms with Gasteiger partial charge in [0.25, 0.3) is 0 Å². The second-order valence-corrected chi connectivity index (χ2v) is 7.00. The normalized spacial score (nSPS) is 11.0. The van der Waals surface area contributed by atoms with Gasteiger partial charge < -0.3 is 4.42 Å². The molecule has 0 aliphatic heterocycles. The number of furan rings is 1. The summed E-state index contributed by atoms with van der Waals surface area (Å²) in [6.07, 6.45) is 1.50. The van der Waals surface area contributed by atoms with Crippen LogP contribution in [0.5, 0.6) is 0 Å². The molecule has 0 N–H and O–H groups in total. The highest BCUT2D eigenvalue weighted by Gasteiger charge is 2.12. The van der Waals surface area contributed by atoms with E-state index in [2.05, 4.69) is 0 Å². The molecule has 0 amide bonds. The number of carbonyl (C=O) groups is 2. The standard InChI is InChI=1S/C18H15ClO3S/c1-2-13(20)16-10-12-9-11(4-6-15(12)22-16)3-5-14(21)17-7-8-18(19)23-17/h4,6-10H,2-3,5H2,1H3. The second kappa shape index (κ2) is 6.69. The predicted molar refractivity (Wildman–Crippen MR) is 92.8 cm³/mol. The number of fused-ring (bicyclic) bond motifs is 1. The number of hydrogen-bond acceptors (Lipinski definition) is 4. The molecule has 0 radical (unpaired) electrons. The van der Waals surface area contributed by atoms with Gasteiger partial charge in [0.2, 0.25) is 0 Å². The third-order valence-corrected chi connectivity index (χ3v) is 4.94. The van der Waals surface area contributed by atoms with E-state index >= 15 is 0 Å². The minimum Gasteiger partial charge on any atom is -0.453 e. The highest BCUT2D eigenvalue weighted by molar-refractivity contribution is 7.18. The van der Waals surface area contributed by atoms with E-state index in [9.17, 15) is 9.59 Å². The van der Waals surface area contributed by atoms with Crippen molar-refractivity contribution in [3.8, 4) is 0 Å². The van der Waals surface area contributed by atoms with Gasteiger partial charge in [-0.05, 0) is 42.3 Å². The van der Waals surface area contributed by atoms with Crippen LogP contribution >= 0.6 is 22.9 Å². The van der Waals surface area contributed by atoms with Crippen LogP contribution in [-0.4, -0.2) is 11.6 Å². The molecule has 0 unspecified atom stereocenters. The molecule has 2 aromatic heterocycles. The lowest BCUT2D eigenvalue weighted by Gasteiger charge is -2.00. The summed E-state index contributed by atoms with van der Waals surface area (Å²) >= 11 is 7.16. The Hall–Kier alpha value is -1.91. The Morgan fingerprint density at radius 3 is 2.65 bits per heavy atom. The first kappa shape index (κ1) is 16.0. The first-order valence-electron chi connectivity index (χ1n) is 7.41. The molecule has 1 aromatic carbocycles. The molecule has 0 aliphatic carbocycles. The summed E-state index contributed by atoms with van der Waals surface area (Å²) in [5.41, 5.74) is 1.74. The molecule has 0 atom stereocenters. The van der Waals surface area contributed by atoms with Crippen molar-refractivity contribution in [3.05, 3.63) is 56.9 Å². The van der Waals surface area contributed by atoms with Gasteiger partial charge in [-0.25, -0.2) is 0 Å². The average Bonchev–Trinajstić information content (AvgIpc) is 3.17. The van der Waals surface area contributed by atoms with Crippen LogP contribution in [0.2, 0.25) is 4.34 Å². The Bertz CT molecular complexity index is 875. The maximum atomic E-state index is 12.1. The van der Waals surface area contributed by atoms with Crippen LogP contribution in [0.1, 0.15) is 45.6 Å². The van der Waals surface area contributed by atoms with E-state index in [0.717, 1.165) is 10.9 Å². The number of halogens is 1. The highest BCUT2D eigenvalue weighted by atomic mass is 35.5. The van der Waals surface area contributed by atoms with Crippen LogP contribution in [0.4, 0.5) is 0 Å². The van der Waals surface area contributed by atoms with Crippen LogP contribution in [0.3, 0.4) is 0 Å². The van der Waals surface area contributed by atoms with Crippen LogP contribution in [-0.2, 0) is 6.42 Å². The number of ketones is 2. The lowest BCUT2D eigenvalue weighted by atomic mass is 10.1. The number of Topliss-reactive ketones (excluding diaryl/α,β-unsaturated/α-hetero) is 2. The van der Waals surface area contributed by atoms with Crippen molar-refractivity contribution >= 4 is 45.5 Å². The predicted octanol–water partition coefficient (Wildman–Crippen LogP) is 5.56. The van der Waals surface area contributed by atoms with Gasteiger partial charge in [-0.15, -0.1) is 11.3 Å². The summed E-state index contributed by atoms with van der Waals surface area (Å²) in [6, 6.07) is 11.0. The minimum absolute atomic E-state index is 0.00694. The van der Waals surface area contributed by atoms with Gasteiger partial charge in [-0.3, -0.25) is 9.59 Å². The van der Waals surface area contributed by atoms with Gasteiger partial charge in [0.05, 0.1) is 9.21 Å². The smallest absolute Gasteiger partial charge is 0.197 e. The molecule has 23 heavy (non-hydrogen) atoms. The molecule has 0 saturated carbocycles. The van der Waals surface area contributed by atoms with E-state index in [-0.39, 0.29) is 11.6 Å². The van der Waals surface area contributed by atoms with E-state index in [1.807, 2.05) is 25.1 Å². The third-order valence-electron chi connectivity index (χ3n) is 3.67. The summed E-state index contributed by atoms with van der Waals surface area (Å²) in [5, 5.41) is 0.894. The van der Waals surface area contributed by atoms with Crippen molar-refractivity contribution in [1.82, 2.24) is 0 Å². The molecule has 0 saturated heterocycles. The van der Waals surface area contributed by atoms with Crippen LogP contribution in [0.25, 0.3) is 11.0 Å². The fraction of sp³-hybridized carbons (Fsp3) is 0.222. The molecule has 2 heterocycles. The molecule has 0 spiro atoms. The molecule has 118 valence electrons.